The fourth-order valence-corrected chi connectivity index (χ4v) is 2.78. The van der Waals surface area contributed by atoms with E-state index in [1.54, 1.807) is 55.6 Å². The van der Waals surface area contributed by atoms with Crippen molar-refractivity contribution in [2.45, 2.75) is 6.54 Å². The van der Waals surface area contributed by atoms with Gasteiger partial charge in [-0.15, -0.1) is 0 Å². The number of hydrogen-bond donors (Lipinski definition) is 3. The van der Waals surface area contributed by atoms with Crippen LogP contribution in [0.4, 0.5) is 5.69 Å². The zero-order valence-corrected chi connectivity index (χ0v) is 18.5. The van der Waals surface area contributed by atoms with Crippen LogP contribution in [-0.2, 0) is 20.9 Å². The predicted molar refractivity (Wildman–Crippen MR) is 128 cm³/mol. The molecule has 174 valence electrons. The molecular weight excluding hydrogens is 436 g/mol. The lowest BCUT2D eigenvalue weighted by Crippen LogP contribution is -2.37. The van der Waals surface area contributed by atoms with Crippen LogP contribution in [-0.4, -0.2) is 37.7 Å². The Hall–Kier alpha value is -4.66. The lowest BCUT2D eigenvalue weighted by Gasteiger charge is -2.08. The van der Waals surface area contributed by atoms with Crippen molar-refractivity contribution in [2.75, 3.05) is 19.0 Å². The third kappa shape index (κ3) is 7.79. The smallest absolute Gasteiger partial charge is 0.329 e. The standard InChI is InChI=1S/C25H24N4O5/c1-33-21-12-10-20(11-13-21)28-23(30)17-34-22-9-5-8-19(14-22)16-27-29-25(32)24(31)26-15-18-6-3-2-4-7-18/h2-14,16H,15,17H2,1H3,(H,26,31)(H,28,30)(H,29,32)/b27-16-. The Labute approximate surface area is 196 Å². The number of anilines is 1. The Bertz CT molecular complexity index is 1150. The molecule has 3 aromatic carbocycles. The van der Waals surface area contributed by atoms with Crippen LogP contribution in [0.3, 0.4) is 0 Å². The number of rotatable bonds is 9. The van der Waals surface area contributed by atoms with Gasteiger partial charge in [-0.2, -0.15) is 5.10 Å². The van der Waals surface area contributed by atoms with Crippen LogP contribution in [0, 0.1) is 0 Å². The number of nitrogens with zero attached hydrogens (tertiary/aromatic N) is 1. The van der Waals surface area contributed by atoms with Gasteiger partial charge in [0, 0.05) is 12.2 Å². The molecule has 9 heteroatoms. The number of hydrogen-bond acceptors (Lipinski definition) is 6. The van der Waals surface area contributed by atoms with E-state index in [0.29, 0.717) is 22.7 Å². The summed E-state index contributed by atoms with van der Waals surface area (Å²) < 4.78 is 10.6. The number of carbonyl (C=O) groups is 3. The van der Waals surface area contributed by atoms with Crippen molar-refractivity contribution in [1.29, 1.82) is 0 Å². The first-order chi connectivity index (χ1) is 16.5. The molecule has 0 saturated carbocycles. The summed E-state index contributed by atoms with van der Waals surface area (Å²) in [5, 5.41) is 9.04. The molecule has 3 aromatic rings. The Morgan fingerprint density at radius 1 is 0.882 bits per heavy atom. The summed E-state index contributed by atoms with van der Waals surface area (Å²) in [6.45, 7) is 0.0488. The minimum absolute atomic E-state index is 0.190. The maximum Gasteiger partial charge on any atom is 0.329 e. The Morgan fingerprint density at radius 2 is 1.65 bits per heavy atom. The SMILES string of the molecule is COc1ccc(NC(=O)COc2cccc(/C=N\NC(=O)C(=O)NCc3ccccc3)c2)cc1. The molecule has 3 N–H and O–H groups in total. The van der Waals surface area contributed by atoms with E-state index in [4.69, 9.17) is 9.47 Å². The third-order valence-electron chi connectivity index (χ3n) is 4.48. The van der Waals surface area contributed by atoms with Gasteiger partial charge in [-0.3, -0.25) is 14.4 Å². The zero-order valence-electron chi connectivity index (χ0n) is 18.5. The van der Waals surface area contributed by atoms with Gasteiger partial charge in [0.1, 0.15) is 11.5 Å². The highest BCUT2D eigenvalue weighted by Gasteiger charge is 2.11. The Balaban J connectivity index is 1.43. The van der Waals surface area contributed by atoms with Gasteiger partial charge in [0.05, 0.1) is 13.3 Å². The van der Waals surface area contributed by atoms with Gasteiger partial charge in [-0.1, -0.05) is 42.5 Å². The highest BCUT2D eigenvalue weighted by Crippen LogP contribution is 2.15. The fourth-order valence-electron chi connectivity index (χ4n) is 2.78. The van der Waals surface area contributed by atoms with Crippen molar-refractivity contribution >= 4 is 29.6 Å². The van der Waals surface area contributed by atoms with E-state index < -0.39 is 11.8 Å². The number of hydrazone groups is 1. The summed E-state index contributed by atoms with van der Waals surface area (Å²) in [7, 11) is 1.57. The topological polar surface area (TPSA) is 118 Å². The van der Waals surface area contributed by atoms with E-state index in [1.807, 2.05) is 30.3 Å². The summed E-state index contributed by atoms with van der Waals surface area (Å²) in [6, 6.07) is 23.0. The van der Waals surface area contributed by atoms with Crippen LogP contribution >= 0.6 is 0 Å². The number of carbonyl (C=O) groups excluding carboxylic acids is 3. The zero-order chi connectivity index (χ0) is 24.2. The van der Waals surface area contributed by atoms with Gasteiger partial charge in [-0.25, -0.2) is 5.43 Å². The molecule has 0 unspecified atom stereocenters. The molecule has 0 aliphatic heterocycles. The average Bonchev–Trinajstić information content (AvgIpc) is 2.87. The van der Waals surface area contributed by atoms with Crippen molar-refractivity contribution < 1.29 is 23.9 Å². The van der Waals surface area contributed by atoms with Crippen LogP contribution in [0.25, 0.3) is 0 Å². The molecule has 0 spiro atoms. The molecule has 9 nitrogen and oxygen atoms in total. The normalized spacial score (nSPS) is 10.4. The fraction of sp³-hybridized carbons (Fsp3) is 0.120. The summed E-state index contributed by atoms with van der Waals surface area (Å²) in [6.07, 6.45) is 1.37. The summed E-state index contributed by atoms with van der Waals surface area (Å²) in [4.78, 5) is 35.8. The van der Waals surface area contributed by atoms with Crippen LogP contribution in [0.1, 0.15) is 11.1 Å². The van der Waals surface area contributed by atoms with Gasteiger partial charge in [0.25, 0.3) is 5.91 Å². The molecule has 0 radical (unpaired) electrons. The number of amides is 3. The first-order valence-electron chi connectivity index (χ1n) is 10.4. The van der Waals surface area contributed by atoms with Crippen molar-refractivity contribution in [3.05, 3.63) is 90.0 Å². The molecule has 0 aromatic heterocycles. The van der Waals surface area contributed by atoms with Crippen LogP contribution in [0.2, 0.25) is 0 Å². The molecule has 0 saturated heterocycles. The van der Waals surface area contributed by atoms with E-state index in [9.17, 15) is 14.4 Å². The first-order valence-corrected chi connectivity index (χ1v) is 10.4. The molecule has 34 heavy (non-hydrogen) atoms. The quantitative estimate of drug-likeness (QED) is 0.258. The molecule has 0 bridgehead atoms. The average molecular weight is 460 g/mol. The lowest BCUT2D eigenvalue weighted by molar-refractivity contribution is -0.139. The predicted octanol–water partition coefficient (Wildman–Crippen LogP) is 2.48. The van der Waals surface area contributed by atoms with E-state index in [0.717, 1.165) is 5.56 Å². The van der Waals surface area contributed by atoms with Crippen LogP contribution < -0.4 is 25.5 Å². The number of methoxy groups -OCH3 is 1. The molecule has 0 heterocycles. The van der Waals surface area contributed by atoms with E-state index in [2.05, 4.69) is 21.2 Å². The minimum atomic E-state index is -0.880. The van der Waals surface area contributed by atoms with E-state index >= 15 is 0 Å². The highest BCUT2D eigenvalue weighted by atomic mass is 16.5. The molecular formula is C25H24N4O5. The Morgan fingerprint density at radius 3 is 2.38 bits per heavy atom. The second kappa shape index (κ2) is 12.4. The minimum Gasteiger partial charge on any atom is -0.497 e. The summed E-state index contributed by atoms with van der Waals surface area (Å²) in [5.41, 5.74) is 4.29. The van der Waals surface area contributed by atoms with Crippen LogP contribution in [0.15, 0.2) is 84.0 Å². The third-order valence-corrected chi connectivity index (χ3v) is 4.48. The van der Waals surface area contributed by atoms with Gasteiger partial charge in [0.15, 0.2) is 6.61 Å². The number of benzene rings is 3. The summed E-state index contributed by atoms with van der Waals surface area (Å²) >= 11 is 0. The second-order valence-electron chi connectivity index (χ2n) is 7.01. The first kappa shape index (κ1) is 24.0. The molecule has 0 aliphatic rings. The highest BCUT2D eigenvalue weighted by molar-refractivity contribution is 6.35. The van der Waals surface area contributed by atoms with Crippen LogP contribution in [0.5, 0.6) is 11.5 Å². The van der Waals surface area contributed by atoms with Crippen molar-refractivity contribution in [2.24, 2.45) is 5.10 Å². The van der Waals surface area contributed by atoms with Crippen molar-refractivity contribution in [1.82, 2.24) is 10.7 Å². The lowest BCUT2D eigenvalue weighted by atomic mass is 10.2. The number of nitrogens with one attached hydrogen (secondary N) is 3. The number of ether oxygens (including phenoxy) is 2. The second-order valence-corrected chi connectivity index (χ2v) is 7.01. The molecule has 0 fully saturated rings. The van der Waals surface area contributed by atoms with Gasteiger partial charge >= 0.3 is 11.8 Å². The molecule has 0 atom stereocenters. The van der Waals surface area contributed by atoms with Gasteiger partial charge < -0.3 is 20.1 Å². The van der Waals surface area contributed by atoms with E-state index in [-0.39, 0.29) is 19.1 Å². The van der Waals surface area contributed by atoms with Gasteiger partial charge in [-0.05, 0) is 47.5 Å². The maximum absolute atomic E-state index is 12.1. The largest absolute Gasteiger partial charge is 0.497 e. The monoisotopic (exact) mass is 460 g/mol. The molecule has 3 amide bonds. The van der Waals surface area contributed by atoms with Crippen molar-refractivity contribution in [3.63, 3.8) is 0 Å². The maximum atomic E-state index is 12.1. The molecule has 0 aliphatic carbocycles. The molecule has 3 rings (SSSR count). The van der Waals surface area contributed by atoms with Gasteiger partial charge in [0.2, 0.25) is 0 Å². The van der Waals surface area contributed by atoms with E-state index in [1.165, 1.54) is 6.21 Å². The summed E-state index contributed by atoms with van der Waals surface area (Å²) in [5.74, 6) is -0.855. The van der Waals surface area contributed by atoms with Crippen molar-refractivity contribution in [3.8, 4) is 11.5 Å². The Kier molecular flexibility index (Phi) is 8.75.